The lowest BCUT2D eigenvalue weighted by molar-refractivity contribution is 0.0854. The largest absolute Gasteiger partial charge is 0.493 e. The van der Waals surface area contributed by atoms with E-state index in [1.165, 1.54) is 0 Å². The fourth-order valence-electron chi connectivity index (χ4n) is 1.27. The molecule has 1 heterocycles. The third-order valence-corrected chi connectivity index (χ3v) is 2.00. The molecule has 0 aliphatic carbocycles. The first-order valence-corrected chi connectivity index (χ1v) is 5.12. The van der Waals surface area contributed by atoms with Crippen LogP contribution in [-0.2, 0) is 4.74 Å². The molecule has 0 saturated carbocycles. The molecule has 0 aromatic carbocycles. The molecule has 15 heavy (non-hydrogen) atoms. The van der Waals surface area contributed by atoms with Crippen molar-refractivity contribution in [3.8, 4) is 5.75 Å². The summed E-state index contributed by atoms with van der Waals surface area (Å²) in [6.07, 6.45) is 1.90. The summed E-state index contributed by atoms with van der Waals surface area (Å²) in [7, 11) is 1.63. The Balaban J connectivity index is 2.49. The highest BCUT2D eigenvalue weighted by Gasteiger charge is 2.05. The van der Waals surface area contributed by atoms with E-state index in [0.29, 0.717) is 0 Å². The van der Waals surface area contributed by atoms with E-state index in [1.54, 1.807) is 13.3 Å². The number of nitrogens with one attached hydrogen (secondary N) is 1. The average molecular weight is 210 g/mol. The van der Waals surface area contributed by atoms with Gasteiger partial charge >= 0.3 is 0 Å². The van der Waals surface area contributed by atoms with Crippen molar-refractivity contribution in [2.45, 2.75) is 20.0 Å². The van der Waals surface area contributed by atoms with Crippen LogP contribution in [0.4, 0.5) is 5.82 Å². The van der Waals surface area contributed by atoms with Crippen LogP contribution in [0.1, 0.15) is 13.8 Å². The van der Waals surface area contributed by atoms with Crippen LogP contribution in [0.25, 0.3) is 0 Å². The molecule has 0 spiro atoms. The fraction of sp³-hybridized carbons (Fsp3) is 0.545. The molecular weight excluding hydrogens is 192 g/mol. The van der Waals surface area contributed by atoms with E-state index in [1.807, 2.05) is 26.0 Å². The van der Waals surface area contributed by atoms with Gasteiger partial charge in [-0.2, -0.15) is 0 Å². The molecule has 1 N–H and O–H groups in total. The first kappa shape index (κ1) is 11.8. The number of hydrogen-bond donors (Lipinski definition) is 1. The topological polar surface area (TPSA) is 43.4 Å². The Bertz CT molecular complexity index is 292. The summed E-state index contributed by atoms with van der Waals surface area (Å²) < 4.78 is 10.6. The lowest BCUT2D eigenvalue weighted by atomic mass is 10.3. The maximum Gasteiger partial charge on any atom is 0.168 e. The predicted molar refractivity (Wildman–Crippen MR) is 60.4 cm³/mol. The van der Waals surface area contributed by atoms with Crippen molar-refractivity contribution in [1.82, 2.24) is 4.98 Å². The zero-order valence-corrected chi connectivity index (χ0v) is 9.49. The van der Waals surface area contributed by atoms with Crippen LogP contribution in [0.3, 0.4) is 0 Å². The van der Waals surface area contributed by atoms with E-state index in [2.05, 4.69) is 10.3 Å². The monoisotopic (exact) mass is 210 g/mol. The molecule has 1 aromatic heterocycles. The van der Waals surface area contributed by atoms with Crippen LogP contribution in [0.2, 0.25) is 0 Å². The Morgan fingerprint density at radius 2 is 2.33 bits per heavy atom. The fourth-order valence-corrected chi connectivity index (χ4v) is 1.27. The van der Waals surface area contributed by atoms with Crippen molar-refractivity contribution < 1.29 is 9.47 Å². The maximum atomic E-state index is 5.41. The normalized spacial score (nSPS) is 12.2. The summed E-state index contributed by atoms with van der Waals surface area (Å²) in [6, 6.07) is 3.72. The number of methoxy groups -OCH3 is 1. The van der Waals surface area contributed by atoms with Gasteiger partial charge in [0.15, 0.2) is 11.6 Å². The Morgan fingerprint density at radius 1 is 1.53 bits per heavy atom. The number of anilines is 1. The molecule has 0 amide bonds. The van der Waals surface area contributed by atoms with Crippen LogP contribution >= 0.6 is 0 Å². The van der Waals surface area contributed by atoms with E-state index in [9.17, 15) is 0 Å². The van der Waals surface area contributed by atoms with Gasteiger partial charge in [0.25, 0.3) is 0 Å². The zero-order valence-electron chi connectivity index (χ0n) is 9.49. The first-order chi connectivity index (χ1) is 7.27. The van der Waals surface area contributed by atoms with Gasteiger partial charge in [0.05, 0.1) is 13.2 Å². The summed E-state index contributed by atoms with van der Waals surface area (Å²) in [5.74, 6) is 1.51. The molecule has 0 fully saturated rings. The molecule has 0 bridgehead atoms. The first-order valence-electron chi connectivity index (χ1n) is 5.12. The van der Waals surface area contributed by atoms with Gasteiger partial charge < -0.3 is 14.8 Å². The molecule has 0 aliphatic rings. The van der Waals surface area contributed by atoms with E-state index < -0.39 is 0 Å². The second kappa shape index (κ2) is 6.24. The molecule has 1 aromatic rings. The standard InChI is InChI=1S/C11H18N2O2/c1-4-15-9(2)8-13-11-10(14-3)6-5-7-12-11/h5-7,9H,4,8H2,1-3H3,(H,12,13). The Morgan fingerprint density at radius 3 is 3.00 bits per heavy atom. The van der Waals surface area contributed by atoms with E-state index >= 15 is 0 Å². The van der Waals surface area contributed by atoms with Crippen LogP contribution in [-0.4, -0.2) is 31.3 Å². The third-order valence-electron chi connectivity index (χ3n) is 2.00. The summed E-state index contributed by atoms with van der Waals surface area (Å²) in [6.45, 7) is 5.45. The third kappa shape index (κ3) is 3.75. The molecule has 84 valence electrons. The molecule has 0 radical (unpaired) electrons. The summed E-state index contributed by atoms with van der Waals surface area (Å²) in [5, 5.41) is 3.19. The number of nitrogens with zero attached hydrogens (tertiary/aromatic N) is 1. The quantitative estimate of drug-likeness (QED) is 0.779. The number of ether oxygens (including phenoxy) is 2. The van der Waals surface area contributed by atoms with Crippen LogP contribution in [0.5, 0.6) is 5.75 Å². The Labute approximate surface area is 90.6 Å². The summed E-state index contributed by atoms with van der Waals surface area (Å²) >= 11 is 0. The van der Waals surface area contributed by atoms with Gasteiger partial charge in [-0.05, 0) is 26.0 Å². The van der Waals surface area contributed by atoms with E-state index in [-0.39, 0.29) is 6.10 Å². The van der Waals surface area contributed by atoms with Gasteiger partial charge in [0.1, 0.15) is 0 Å². The van der Waals surface area contributed by atoms with Gasteiger partial charge in [-0.1, -0.05) is 0 Å². The van der Waals surface area contributed by atoms with Crippen LogP contribution in [0, 0.1) is 0 Å². The minimum atomic E-state index is 0.168. The molecule has 0 aliphatic heterocycles. The van der Waals surface area contributed by atoms with Gasteiger partial charge in [-0.3, -0.25) is 0 Å². The second-order valence-electron chi connectivity index (χ2n) is 3.20. The lowest BCUT2D eigenvalue weighted by Crippen LogP contribution is -2.20. The van der Waals surface area contributed by atoms with Gasteiger partial charge in [-0.15, -0.1) is 0 Å². The number of aromatic nitrogens is 1. The van der Waals surface area contributed by atoms with Crippen LogP contribution < -0.4 is 10.1 Å². The summed E-state index contributed by atoms with van der Waals surface area (Å²) in [4.78, 5) is 4.19. The molecule has 4 heteroatoms. The number of pyridine rings is 1. The molecular formula is C11H18N2O2. The van der Waals surface area contributed by atoms with Gasteiger partial charge in [0, 0.05) is 19.3 Å². The van der Waals surface area contributed by atoms with Crippen molar-refractivity contribution in [2.24, 2.45) is 0 Å². The molecule has 1 atom stereocenters. The number of rotatable bonds is 6. The average Bonchev–Trinajstić information content (AvgIpc) is 2.27. The number of hydrogen-bond acceptors (Lipinski definition) is 4. The molecule has 0 saturated heterocycles. The molecule has 4 nitrogen and oxygen atoms in total. The highest BCUT2D eigenvalue weighted by Crippen LogP contribution is 2.19. The van der Waals surface area contributed by atoms with E-state index in [4.69, 9.17) is 9.47 Å². The molecule has 1 rings (SSSR count). The van der Waals surface area contributed by atoms with Gasteiger partial charge in [0.2, 0.25) is 0 Å². The minimum absolute atomic E-state index is 0.168. The Hall–Kier alpha value is -1.29. The van der Waals surface area contributed by atoms with Crippen LogP contribution in [0.15, 0.2) is 18.3 Å². The van der Waals surface area contributed by atoms with Crippen molar-refractivity contribution >= 4 is 5.82 Å². The predicted octanol–water partition coefficient (Wildman–Crippen LogP) is 1.93. The second-order valence-corrected chi connectivity index (χ2v) is 3.20. The van der Waals surface area contributed by atoms with Gasteiger partial charge in [-0.25, -0.2) is 4.98 Å². The van der Waals surface area contributed by atoms with Crippen molar-refractivity contribution in [3.05, 3.63) is 18.3 Å². The lowest BCUT2D eigenvalue weighted by Gasteiger charge is -2.14. The highest BCUT2D eigenvalue weighted by atomic mass is 16.5. The Kier molecular flexibility index (Phi) is 4.90. The van der Waals surface area contributed by atoms with Crippen molar-refractivity contribution in [3.63, 3.8) is 0 Å². The maximum absolute atomic E-state index is 5.41. The molecule has 1 unspecified atom stereocenters. The SMILES string of the molecule is CCOC(C)CNc1ncccc1OC. The van der Waals surface area contributed by atoms with Crippen molar-refractivity contribution in [2.75, 3.05) is 25.6 Å². The summed E-state index contributed by atoms with van der Waals surface area (Å²) in [5.41, 5.74) is 0. The smallest absolute Gasteiger partial charge is 0.168 e. The van der Waals surface area contributed by atoms with Crippen molar-refractivity contribution in [1.29, 1.82) is 0 Å². The highest BCUT2D eigenvalue weighted by molar-refractivity contribution is 5.49. The zero-order chi connectivity index (χ0) is 11.1. The minimum Gasteiger partial charge on any atom is -0.493 e. The van der Waals surface area contributed by atoms with E-state index in [0.717, 1.165) is 24.7 Å².